The first-order valence-corrected chi connectivity index (χ1v) is 19.2. The molecule has 0 aliphatic carbocycles. The van der Waals surface area contributed by atoms with E-state index < -0.39 is 29.7 Å². The molecule has 58 heavy (non-hydrogen) atoms. The van der Waals surface area contributed by atoms with Gasteiger partial charge in [-0.1, -0.05) is 36.4 Å². The Kier molecular flexibility index (Phi) is 14.1. The van der Waals surface area contributed by atoms with Gasteiger partial charge in [-0.3, -0.25) is 34.2 Å². The van der Waals surface area contributed by atoms with E-state index in [2.05, 4.69) is 11.9 Å². The van der Waals surface area contributed by atoms with Gasteiger partial charge in [0.25, 0.3) is 11.8 Å². The molecule has 304 valence electrons. The summed E-state index contributed by atoms with van der Waals surface area (Å²) in [7, 11) is 0. The average molecular weight is 815 g/mol. The summed E-state index contributed by atoms with van der Waals surface area (Å²) in [6.07, 6.45) is 3.72. The van der Waals surface area contributed by atoms with Crippen molar-refractivity contribution in [1.82, 2.24) is 10.2 Å². The lowest BCUT2D eigenvalue weighted by molar-refractivity contribution is -0.136. The maximum Gasteiger partial charge on any atom is 0.266 e. The van der Waals surface area contributed by atoms with Crippen LogP contribution in [-0.2, 0) is 23.8 Å². The number of halogens is 1. The van der Waals surface area contributed by atoms with Crippen molar-refractivity contribution in [2.24, 2.45) is 0 Å². The van der Waals surface area contributed by atoms with E-state index in [0.29, 0.717) is 78.5 Å². The van der Waals surface area contributed by atoms with E-state index >= 15 is 0 Å². The Hall–Kier alpha value is -5.80. The van der Waals surface area contributed by atoms with Gasteiger partial charge in [0.2, 0.25) is 11.8 Å². The molecule has 2 aliphatic heterocycles. The van der Waals surface area contributed by atoms with Gasteiger partial charge in [0.15, 0.2) is 5.43 Å². The van der Waals surface area contributed by atoms with Gasteiger partial charge in [0.05, 0.1) is 67.8 Å². The van der Waals surface area contributed by atoms with Gasteiger partial charge >= 0.3 is 0 Å². The number of carbonyl (C=O) groups is 4. The molecule has 0 spiro atoms. The van der Waals surface area contributed by atoms with Crippen molar-refractivity contribution in [3.8, 4) is 28.6 Å². The summed E-state index contributed by atoms with van der Waals surface area (Å²) in [5, 5.41) is 2.94. The number of rotatable bonds is 20. The number of piperidine rings is 1. The molecule has 0 radical (unpaired) electrons. The summed E-state index contributed by atoms with van der Waals surface area (Å²) in [4.78, 5) is 64.1. The van der Waals surface area contributed by atoms with Crippen LogP contribution in [0.1, 0.15) is 53.0 Å². The van der Waals surface area contributed by atoms with Gasteiger partial charge in [-0.25, -0.2) is 0 Å². The molecule has 1 N–H and O–H groups in total. The molecule has 0 saturated carbocycles. The number of allylic oxidation sites excluding steroid dienone is 3. The van der Waals surface area contributed by atoms with Crippen molar-refractivity contribution in [1.29, 1.82) is 0 Å². The van der Waals surface area contributed by atoms with Gasteiger partial charge in [-0.2, -0.15) is 0 Å². The lowest BCUT2D eigenvalue weighted by Gasteiger charge is -2.27. The number of hydrogen-bond donors (Lipinski definition) is 1. The lowest BCUT2D eigenvalue weighted by atomic mass is 10.0. The highest BCUT2D eigenvalue weighted by Gasteiger charge is 2.46. The maximum atomic E-state index is 13.2. The average Bonchev–Trinajstić information content (AvgIpc) is 3.46. The van der Waals surface area contributed by atoms with E-state index in [9.17, 15) is 24.0 Å². The van der Waals surface area contributed by atoms with Crippen molar-refractivity contribution >= 4 is 51.8 Å². The van der Waals surface area contributed by atoms with E-state index in [1.807, 2.05) is 19.9 Å². The highest BCUT2D eigenvalue weighted by atomic mass is 35.5. The SMILES string of the molecule is C=C/C(=C\C)c1cc2c(=O)cc(-c3ccc(OCCOCCOCCOCCOc4cccc5c4C(=O)N(C4CCC(=O)NC4=O)C5=O)cc3Cl)oc2cc1OCC. The molecule has 15 heteroatoms. The van der Waals surface area contributed by atoms with Crippen molar-refractivity contribution < 1.29 is 52.0 Å². The summed E-state index contributed by atoms with van der Waals surface area (Å²) in [5.41, 5.74) is 2.52. The van der Waals surface area contributed by atoms with Crippen LogP contribution in [0.3, 0.4) is 0 Å². The molecule has 1 aromatic heterocycles. The minimum atomic E-state index is -1.05. The fourth-order valence-electron chi connectivity index (χ4n) is 6.56. The van der Waals surface area contributed by atoms with Crippen molar-refractivity contribution in [2.75, 3.05) is 59.5 Å². The number of hydrogen-bond acceptors (Lipinski definition) is 12. The van der Waals surface area contributed by atoms with E-state index in [4.69, 9.17) is 44.4 Å². The molecule has 2 aliphatic rings. The largest absolute Gasteiger partial charge is 0.493 e. The lowest BCUT2D eigenvalue weighted by Crippen LogP contribution is -2.54. The number of imide groups is 2. The van der Waals surface area contributed by atoms with Gasteiger partial charge in [-0.15, -0.1) is 0 Å². The molecular weight excluding hydrogens is 772 g/mol. The quantitative estimate of drug-likeness (QED) is 0.0628. The molecular formula is C43H43ClN2O12. The van der Waals surface area contributed by atoms with Crippen LogP contribution in [0.25, 0.3) is 27.9 Å². The van der Waals surface area contributed by atoms with E-state index in [1.54, 1.807) is 48.5 Å². The van der Waals surface area contributed by atoms with Crippen molar-refractivity contribution in [2.45, 2.75) is 32.7 Å². The third kappa shape index (κ3) is 9.48. The number of benzene rings is 3. The molecule has 3 heterocycles. The fraction of sp³-hybridized carbons (Fsp3) is 0.326. The third-order valence-corrected chi connectivity index (χ3v) is 9.65. The number of fused-ring (bicyclic) bond motifs is 2. The second-order valence-electron chi connectivity index (χ2n) is 13.0. The molecule has 0 bridgehead atoms. The summed E-state index contributed by atoms with van der Waals surface area (Å²) >= 11 is 6.60. The Morgan fingerprint density at radius 1 is 0.845 bits per heavy atom. The zero-order chi connectivity index (χ0) is 41.2. The Morgan fingerprint density at radius 2 is 1.55 bits per heavy atom. The minimum absolute atomic E-state index is 0.0382. The van der Waals surface area contributed by atoms with E-state index in [-0.39, 0.29) is 55.0 Å². The number of nitrogens with one attached hydrogen (secondary N) is 1. The molecule has 3 aromatic carbocycles. The van der Waals surface area contributed by atoms with E-state index in [1.165, 1.54) is 12.1 Å². The molecule has 6 rings (SSSR count). The first kappa shape index (κ1) is 41.8. The Morgan fingerprint density at radius 3 is 2.21 bits per heavy atom. The topological polar surface area (TPSA) is 169 Å². The van der Waals surface area contributed by atoms with Gasteiger partial charge in [0, 0.05) is 29.7 Å². The standard InChI is InChI=1S/C43H43ClN2O12/c1-4-26(5-2)30-23-31-34(47)24-37(58-38(31)25-36(30)55-6-3)28-11-10-27(22-32(28)44)56-20-18-53-16-14-52-15-17-54-19-21-57-35-9-7-8-29-40(35)43(51)46(42(29)50)33-12-13-39(48)45-41(33)49/h4-5,7-11,22-25,33H,1,6,12-21H2,2-3H3,(H,45,48,49)/b26-5+. The summed E-state index contributed by atoms with van der Waals surface area (Å²) in [5.74, 6) is -0.722. The number of carbonyl (C=O) groups excluding carboxylic acids is 4. The van der Waals surface area contributed by atoms with Crippen LogP contribution < -0.4 is 25.0 Å². The predicted octanol–water partition coefficient (Wildman–Crippen LogP) is 6.01. The number of amides is 4. The Labute approximate surface area is 339 Å². The molecule has 1 atom stereocenters. The minimum Gasteiger partial charge on any atom is -0.493 e. The van der Waals surface area contributed by atoms with Crippen LogP contribution in [0.4, 0.5) is 0 Å². The fourth-order valence-corrected chi connectivity index (χ4v) is 6.82. The van der Waals surface area contributed by atoms with Crippen LogP contribution in [0, 0.1) is 0 Å². The Bertz CT molecular complexity index is 2300. The van der Waals surface area contributed by atoms with Crippen LogP contribution in [-0.4, -0.2) is 94.0 Å². The number of nitrogens with zero attached hydrogens (tertiary/aromatic N) is 1. The highest BCUT2D eigenvalue weighted by molar-refractivity contribution is 6.33. The molecule has 1 unspecified atom stereocenters. The van der Waals surface area contributed by atoms with Gasteiger partial charge < -0.3 is 32.8 Å². The zero-order valence-corrected chi connectivity index (χ0v) is 32.9. The van der Waals surface area contributed by atoms with Crippen LogP contribution in [0.5, 0.6) is 17.2 Å². The molecule has 1 fully saturated rings. The molecule has 1 saturated heterocycles. The van der Waals surface area contributed by atoms with Crippen LogP contribution >= 0.6 is 11.6 Å². The zero-order valence-electron chi connectivity index (χ0n) is 32.1. The number of ether oxygens (including phenoxy) is 6. The van der Waals surface area contributed by atoms with Gasteiger partial charge in [0.1, 0.15) is 47.8 Å². The summed E-state index contributed by atoms with van der Waals surface area (Å²) in [6, 6.07) is 13.6. The van der Waals surface area contributed by atoms with Crippen molar-refractivity contribution in [3.05, 3.63) is 105 Å². The molecule has 4 aromatic rings. The first-order valence-electron chi connectivity index (χ1n) is 18.8. The molecule has 4 amide bonds. The third-order valence-electron chi connectivity index (χ3n) is 9.33. The monoisotopic (exact) mass is 814 g/mol. The van der Waals surface area contributed by atoms with E-state index in [0.717, 1.165) is 16.0 Å². The first-order chi connectivity index (χ1) is 28.1. The normalized spacial score (nSPS) is 15.5. The highest BCUT2D eigenvalue weighted by Crippen LogP contribution is 2.36. The van der Waals surface area contributed by atoms with Crippen LogP contribution in [0.15, 0.2) is 82.5 Å². The maximum absolute atomic E-state index is 13.2. The Balaban J connectivity index is 0.872. The summed E-state index contributed by atoms with van der Waals surface area (Å²) < 4.78 is 40.2. The smallest absolute Gasteiger partial charge is 0.266 e. The second kappa shape index (κ2) is 19.6. The predicted molar refractivity (Wildman–Crippen MR) is 215 cm³/mol. The molecule has 14 nitrogen and oxygen atoms in total. The van der Waals surface area contributed by atoms with Gasteiger partial charge in [-0.05, 0) is 62.2 Å². The van der Waals surface area contributed by atoms with Crippen molar-refractivity contribution in [3.63, 3.8) is 0 Å². The second-order valence-corrected chi connectivity index (χ2v) is 13.4. The summed E-state index contributed by atoms with van der Waals surface area (Å²) in [6.45, 7) is 10.3. The van der Waals surface area contributed by atoms with Crippen LogP contribution in [0.2, 0.25) is 5.02 Å².